The van der Waals surface area contributed by atoms with Crippen LogP contribution in [0.3, 0.4) is 0 Å². The Hall–Kier alpha value is -3.55. The third-order valence-corrected chi connectivity index (χ3v) is 4.86. The maximum atomic E-state index is 12.5. The van der Waals surface area contributed by atoms with E-state index in [4.69, 9.17) is 14.0 Å². The van der Waals surface area contributed by atoms with Gasteiger partial charge in [-0.2, -0.15) is 4.98 Å². The largest absolute Gasteiger partial charge is 0.497 e. The number of rotatable bonds is 6. The highest BCUT2D eigenvalue weighted by Gasteiger charge is 2.36. The number of likely N-dealkylation sites (tertiary alicyclic amines) is 1. The number of hydrogen-bond donors (Lipinski definition) is 1. The predicted octanol–water partition coefficient (Wildman–Crippen LogP) is 3.31. The van der Waals surface area contributed by atoms with Crippen LogP contribution in [0.15, 0.2) is 53.1 Å². The number of benzene rings is 2. The van der Waals surface area contributed by atoms with E-state index in [1.165, 1.54) is 0 Å². The monoisotopic (exact) mass is 394 g/mol. The molecule has 8 heteroatoms. The van der Waals surface area contributed by atoms with Gasteiger partial charge >= 0.3 is 6.03 Å². The quantitative estimate of drug-likeness (QED) is 0.690. The van der Waals surface area contributed by atoms with Gasteiger partial charge in [-0.15, -0.1) is 0 Å². The molecule has 2 amide bonds. The first-order valence-corrected chi connectivity index (χ1v) is 9.30. The van der Waals surface area contributed by atoms with Crippen LogP contribution in [0.2, 0.25) is 0 Å². The summed E-state index contributed by atoms with van der Waals surface area (Å²) >= 11 is 0. The molecule has 3 aromatic rings. The summed E-state index contributed by atoms with van der Waals surface area (Å²) in [5.74, 6) is 2.47. The summed E-state index contributed by atoms with van der Waals surface area (Å²) in [6, 6.07) is 15.0. The molecule has 2 heterocycles. The Kier molecular flexibility index (Phi) is 5.33. The molecule has 0 saturated carbocycles. The lowest BCUT2D eigenvalue weighted by atomic mass is 10.0. The highest BCUT2D eigenvalue weighted by Crippen LogP contribution is 2.31. The summed E-state index contributed by atoms with van der Waals surface area (Å²) < 4.78 is 15.9. The average Bonchev–Trinajstić information content (AvgIpc) is 3.15. The zero-order valence-electron chi connectivity index (χ0n) is 16.3. The summed E-state index contributed by atoms with van der Waals surface area (Å²) in [5, 5.41) is 6.92. The van der Waals surface area contributed by atoms with Crippen LogP contribution < -0.4 is 14.8 Å². The summed E-state index contributed by atoms with van der Waals surface area (Å²) in [4.78, 5) is 18.7. The van der Waals surface area contributed by atoms with Crippen LogP contribution in [0.25, 0.3) is 0 Å². The van der Waals surface area contributed by atoms with Crippen LogP contribution in [0, 0.1) is 0 Å². The Morgan fingerprint density at radius 2 is 1.97 bits per heavy atom. The second kappa shape index (κ2) is 8.22. The van der Waals surface area contributed by atoms with Gasteiger partial charge in [-0.3, -0.25) is 0 Å². The molecule has 8 nitrogen and oxygen atoms in total. The van der Waals surface area contributed by atoms with Gasteiger partial charge in [-0.25, -0.2) is 4.79 Å². The molecule has 1 N–H and O–H groups in total. The van der Waals surface area contributed by atoms with E-state index >= 15 is 0 Å². The Morgan fingerprint density at radius 1 is 1.17 bits per heavy atom. The smallest absolute Gasteiger partial charge is 0.321 e. The van der Waals surface area contributed by atoms with Crippen LogP contribution in [-0.2, 0) is 6.42 Å². The Morgan fingerprint density at radius 3 is 2.69 bits per heavy atom. The molecule has 0 spiro atoms. The van der Waals surface area contributed by atoms with Gasteiger partial charge in [0.2, 0.25) is 5.89 Å². The minimum Gasteiger partial charge on any atom is -0.497 e. The van der Waals surface area contributed by atoms with Gasteiger partial charge < -0.3 is 24.2 Å². The van der Waals surface area contributed by atoms with Gasteiger partial charge in [-0.05, 0) is 17.7 Å². The van der Waals surface area contributed by atoms with E-state index < -0.39 is 0 Å². The van der Waals surface area contributed by atoms with Crippen LogP contribution in [0.4, 0.5) is 10.5 Å². The lowest BCUT2D eigenvalue weighted by molar-refractivity contribution is 0.147. The van der Waals surface area contributed by atoms with Gasteiger partial charge in [0.1, 0.15) is 11.5 Å². The Labute approximate surface area is 168 Å². The molecule has 1 aromatic heterocycles. The predicted molar refractivity (Wildman–Crippen MR) is 106 cm³/mol. The Bertz CT molecular complexity index is 983. The van der Waals surface area contributed by atoms with E-state index in [1.807, 2.05) is 30.3 Å². The van der Waals surface area contributed by atoms with Crippen LogP contribution in [0.1, 0.15) is 23.2 Å². The number of aromatic nitrogens is 2. The van der Waals surface area contributed by atoms with Crippen molar-refractivity contribution in [3.63, 3.8) is 0 Å². The maximum absolute atomic E-state index is 12.5. The lowest BCUT2D eigenvalue weighted by Crippen LogP contribution is -2.50. The van der Waals surface area contributed by atoms with Crippen molar-refractivity contribution in [1.29, 1.82) is 0 Å². The Balaban J connectivity index is 1.32. The van der Waals surface area contributed by atoms with E-state index in [0.717, 1.165) is 5.56 Å². The van der Waals surface area contributed by atoms with Crippen molar-refractivity contribution in [2.75, 3.05) is 32.6 Å². The van der Waals surface area contributed by atoms with Crippen molar-refractivity contribution in [3.05, 3.63) is 65.8 Å². The molecule has 0 bridgehead atoms. The maximum Gasteiger partial charge on any atom is 0.321 e. The molecule has 4 rings (SSSR count). The second-order valence-corrected chi connectivity index (χ2v) is 6.81. The molecular weight excluding hydrogens is 372 g/mol. The summed E-state index contributed by atoms with van der Waals surface area (Å²) in [5.41, 5.74) is 1.72. The first-order chi connectivity index (χ1) is 14.2. The summed E-state index contributed by atoms with van der Waals surface area (Å²) in [7, 11) is 3.13. The van der Waals surface area contributed by atoms with Crippen LogP contribution >= 0.6 is 0 Å². The SMILES string of the molecule is COc1ccc(NC(=O)N2CC(c3nc(Cc4ccccc4)no3)C2)c(OC)c1. The van der Waals surface area contributed by atoms with Gasteiger partial charge in [-0.1, -0.05) is 35.5 Å². The fourth-order valence-electron chi connectivity index (χ4n) is 3.18. The topological polar surface area (TPSA) is 89.7 Å². The number of hydrogen-bond acceptors (Lipinski definition) is 6. The van der Waals surface area contributed by atoms with Crippen molar-refractivity contribution >= 4 is 11.7 Å². The zero-order chi connectivity index (χ0) is 20.2. The highest BCUT2D eigenvalue weighted by atomic mass is 16.5. The standard InChI is InChI=1S/C21H22N4O4/c1-27-16-8-9-17(18(11-16)28-2)22-21(26)25-12-15(13-25)20-23-19(24-29-20)10-14-6-4-3-5-7-14/h3-9,11,15H,10,12-13H2,1-2H3,(H,22,26). The van der Waals surface area contributed by atoms with E-state index in [2.05, 4.69) is 15.5 Å². The number of nitrogens with one attached hydrogen (secondary N) is 1. The van der Waals surface area contributed by atoms with Gasteiger partial charge in [0.05, 0.1) is 25.8 Å². The zero-order valence-corrected chi connectivity index (χ0v) is 16.3. The first-order valence-electron chi connectivity index (χ1n) is 9.30. The molecule has 150 valence electrons. The van der Waals surface area contributed by atoms with Crippen molar-refractivity contribution in [1.82, 2.24) is 15.0 Å². The van der Waals surface area contributed by atoms with E-state index in [9.17, 15) is 4.79 Å². The third-order valence-electron chi connectivity index (χ3n) is 4.86. The molecule has 2 aromatic carbocycles. The molecule has 1 saturated heterocycles. The first kappa shape index (κ1) is 18.8. The molecule has 0 aliphatic carbocycles. The molecule has 29 heavy (non-hydrogen) atoms. The van der Waals surface area contributed by atoms with Gasteiger partial charge in [0.15, 0.2) is 5.82 Å². The van der Waals surface area contributed by atoms with E-state index in [1.54, 1.807) is 37.3 Å². The van der Waals surface area contributed by atoms with Crippen molar-refractivity contribution < 1.29 is 18.8 Å². The van der Waals surface area contributed by atoms with Crippen molar-refractivity contribution in [3.8, 4) is 11.5 Å². The van der Waals surface area contributed by atoms with E-state index in [0.29, 0.717) is 48.4 Å². The highest BCUT2D eigenvalue weighted by molar-refractivity contribution is 5.91. The number of urea groups is 1. The van der Waals surface area contributed by atoms with Crippen LogP contribution in [0.5, 0.6) is 11.5 Å². The number of nitrogens with zero attached hydrogens (tertiary/aromatic N) is 3. The van der Waals surface area contributed by atoms with Gasteiger partial charge in [0.25, 0.3) is 0 Å². The molecule has 1 fully saturated rings. The van der Waals surface area contributed by atoms with Crippen molar-refractivity contribution in [2.45, 2.75) is 12.3 Å². The molecule has 0 atom stereocenters. The normalized spacial score (nSPS) is 13.7. The number of carbonyl (C=O) groups is 1. The fraction of sp³-hybridized carbons (Fsp3) is 0.286. The molecule has 1 aliphatic heterocycles. The lowest BCUT2D eigenvalue weighted by Gasteiger charge is -2.36. The molecule has 1 aliphatic rings. The molecule has 0 radical (unpaired) electrons. The van der Waals surface area contributed by atoms with Gasteiger partial charge in [0, 0.05) is 25.6 Å². The number of anilines is 1. The molecular formula is C21H22N4O4. The molecule has 0 unspecified atom stereocenters. The fourth-order valence-corrected chi connectivity index (χ4v) is 3.18. The average molecular weight is 394 g/mol. The summed E-state index contributed by atoms with van der Waals surface area (Å²) in [6.45, 7) is 1.05. The minimum absolute atomic E-state index is 0.0514. The number of methoxy groups -OCH3 is 2. The third kappa shape index (κ3) is 4.16. The number of amides is 2. The second-order valence-electron chi connectivity index (χ2n) is 6.81. The van der Waals surface area contributed by atoms with E-state index in [-0.39, 0.29) is 11.9 Å². The number of carbonyl (C=O) groups excluding carboxylic acids is 1. The minimum atomic E-state index is -0.200. The number of ether oxygens (including phenoxy) is 2. The van der Waals surface area contributed by atoms with Crippen LogP contribution in [-0.4, -0.2) is 48.4 Å². The summed E-state index contributed by atoms with van der Waals surface area (Å²) in [6.07, 6.45) is 0.624. The van der Waals surface area contributed by atoms with Crippen molar-refractivity contribution in [2.24, 2.45) is 0 Å².